The van der Waals surface area contributed by atoms with E-state index < -0.39 is 23.8 Å². The molecule has 0 saturated carbocycles. The minimum Gasteiger partial charge on any atom is -0.493 e. The highest BCUT2D eigenvalue weighted by Gasteiger charge is 2.33. The second-order valence-electron chi connectivity index (χ2n) is 5.04. The van der Waals surface area contributed by atoms with Crippen molar-refractivity contribution in [3.63, 3.8) is 0 Å². The van der Waals surface area contributed by atoms with Crippen LogP contribution >= 0.6 is 0 Å². The number of para-hydroxylation sites is 1. The summed E-state index contributed by atoms with van der Waals surface area (Å²) in [4.78, 5) is 12.4. The van der Waals surface area contributed by atoms with E-state index in [0.29, 0.717) is 19.4 Å². The first-order valence-corrected chi connectivity index (χ1v) is 6.95. The molecule has 1 aromatic rings. The molecule has 0 aliphatic heterocycles. The maximum Gasteiger partial charge on any atom is 0.419 e. The van der Waals surface area contributed by atoms with Gasteiger partial charge in [0, 0.05) is 0 Å². The number of nitrogens with zero attached hydrogens (tertiary/aromatic N) is 1. The highest BCUT2D eigenvalue weighted by atomic mass is 19.4. The number of unbranched alkanes of at least 4 members (excludes halogenated alkanes) is 1. The van der Waals surface area contributed by atoms with Crippen molar-refractivity contribution in [1.82, 2.24) is 4.90 Å². The minimum atomic E-state index is -4.44. The van der Waals surface area contributed by atoms with Crippen LogP contribution in [0.2, 0.25) is 0 Å². The number of ether oxygens (including phenoxy) is 1. The summed E-state index contributed by atoms with van der Waals surface area (Å²) in [5, 5.41) is 8.84. The van der Waals surface area contributed by atoms with Crippen LogP contribution in [0.3, 0.4) is 0 Å². The molecule has 124 valence electrons. The molecular formula is C15H20F3NO3. The Morgan fingerprint density at radius 3 is 2.55 bits per heavy atom. The van der Waals surface area contributed by atoms with Gasteiger partial charge in [-0.15, -0.1) is 0 Å². The van der Waals surface area contributed by atoms with Crippen LogP contribution in [-0.4, -0.2) is 42.2 Å². The van der Waals surface area contributed by atoms with Crippen molar-refractivity contribution in [2.75, 3.05) is 20.2 Å². The van der Waals surface area contributed by atoms with Crippen molar-refractivity contribution in [1.29, 1.82) is 0 Å². The van der Waals surface area contributed by atoms with E-state index in [1.165, 1.54) is 18.2 Å². The van der Waals surface area contributed by atoms with E-state index in [9.17, 15) is 18.0 Å². The van der Waals surface area contributed by atoms with Gasteiger partial charge in [-0.2, -0.15) is 13.2 Å². The molecule has 7 heteroatoms. The fourth-order valence-electron chi connectivity index (χ4n) is 1.85. The van der Waals surface area contributed by atoms with Crippen molar-refractivity contribution in [2.45, 2.75) is 32.0 Å². The van der Waals surface area contributed by atoms with Crippen LogP contribution in [0.5, 0.6) is 5.75 Å². The summed E-state index contributed by atoms with van der Waals surface area (Å²) in [5.74, 6) is -1.08. The number of carboxylic acids is 1. The van der Waals surface area contributed by atoms with Gasteiger partial charge in [0.1, 0.15) is 11.8 Å². The Bertz CT molecular complexity index is 491. The maximum absolute atomic E-state index is 12.8. The zero-order valence-electron chi connectivity index (χ0n) is 12.6. The molecule has 0 radical (unpaired) electrons. The predicted octanol–water partition coefficient (Wildman–Crippen LogP) is 3.27. The molecule has 0 amide bonds. The monoisotopic (exact) mass is 319 g/mol. The van der Waals surface area contributed by atoms with Gasteiger partial charge in [0.25, 0.3) is 0 Å². The third-order valence-corrected chi connectivity index (χ3v) is 3.37. The van der Waals surface area contributed by atoms with Crippen molar-refractivity contribution < 1.29 is 27.8 Å². The van der Waals surface area contributed by atoms with E-state index in [-0.39, 0.29) is 12.4 Å². The molecule has 1 aromatic carbocycles. The van der Waals surface area contributed by atoms with Crippen molar-refractivity contribution in [3.8, 4) is 5.75 Å². The Kier molecular flexibility index (Phi) is 6.67. The fraction of sp³-hybridized carbons (Fsp3) is 0.533. The summed E-state index contributed by atoms with van der Waals surface area (Å²) < 4.78 is 43.5. The fourth-order valence-corrected chi connectivity index (χ4v) is 1.85. The third kappa shape index (κ3) is 5.55. The number of hydrogen-bond acceptors (Lipinski definition) is 3. The minimum absolute atomic E-state index is 0.155. The number of alkyl halides is 3. The molecule has 0 aromatic heterocycles. The average Bonchev–Trinajstić information content (AvgIpc) is 2.45. The molecule has 0 aliphatic carbocycles. The van der Waals surface area contributed by atoms with Gasteiger partial charge >= 0.3 is 12.1 Å². The number of benzene rings is 1. The first-order valence-electron chi connectivity index (χ1n) is 6.95. The topological polar surface area (TPSA) is 49.8 Å². The molecule has 0 heterocycles. The largest absolute Gasteiger partial charge is 0.493 e. The van der Waals surface area contributed by atoms with Crippen LogP contribution < -0.4 is 4.74 Å². The number of hydrogen-bond donors (Lipinski definition) is 1. The SMILES string of the molecule is CC(C(=O)O)N(C)CCCCOc1ccccc1C(F)(F)F. The van der Waals surface area contributed by atoms with Gasteiger partial charge in [-0.25, -0.2) is 0 Å². The summed E-state index contributed by atoms with van der Waals surface area (Å²) in [6, 6.07) is 4.50. The summed E-state index contributed by atoms with van der Waals surface area (Å²) in [6.07, 6.45) is -3.25. The number of likely N-dealkylation sites (N-methyl/N-ethyl adjacent to an activating group) is 1. The lowest BCUT2D eigenvalue weighted by molar-refractivity contribution is -0.142. The lowest BCUT2D eigenvalue weighted by Crippen LogP contribution is -2.36. The lowest BCUT2D eigenvalue weighted by Gasteiger charge is -2.20. The molecular weight excluding hydrogens is 299 g/mol. The van der Waals surface area contributed by atoms with E-state index in [0.717, 1.165) is 6.07 Å². The normalized spacial score (nSPS) is 13.2. The third-order valence-electron chi connectivity index (χ3n) is 3.37. The molecule has 0 fully saturated rings. The van der Waals surface area contributed by atoms with Gasteiger partial charge in [0.05, 0.1) is 12.2 Å². The second kappa shape index (κ2) is 8.03. The molecule has 1 N–H and O–H groups in total. The maximum atomic E-state index is 12.8. The Balaban J connectivity index is 2.39. The van der Waals surface area contributed by atoms with Crippen molar-refractivity contribution in [3.05, 3.63) is 29.8 Å². The first kappa shape index (κ1) is 18.3. The molecule has 0 saturated heterocycles. The molecule has 1 atom stereocenters. The van der Waals surface area contributed by atoms with Crippen LogP contribution in [0, 0.1) is 0 Å². The van der Waals surface area contributed by atoms with Crippen LogP contribution in [0.1, 0.15) is 25.3 Å². The van der Waals surface area contributed by atoms with E-state index >= 15 is 0 Å². The summed E-state index contributed by atoms with van der Waals surface area (Å²) in [7, 11) is 1.69. The number of rotatable bonds is 8. The Labute approximate surface area is 127 Å². The Morgan fingerprint density at radius 2 is 1.95 bits per heavy atom. The molecule has 0 spiro atoms. The van der Waals surface area contributed by atoms with Gasteiger partial charge < -0.3 is 9.84 Å². The van der Waals surface area contributed by atoms with Gasteiger partial charge in [-0.1, -0.05) is 12.1 Å². The van der Waals surface area contributed by atoms with Crippen LogP contribution in [0.4, 0.5) is 13.2 Å². The van der Waals surface area contributed by atoms with Gasteiger partial charge in [0.15, 0.2) is 0 Å². The molecule has 22 heavy (non-hydrogen) atoms. The molecule has 4 nitrogen and oxygen atoms in total. The Hall–Kier alpha value is -1.76. The average molecular weight is 319 g/mol. The van der Waals surface area contributed by atoms with Gasteiger partial charge in [0.2, 0.25) is 0 Å². The first-order chi connectivity index (χ1) is 10.2. The van der Waals surface area contributed by atoms with E-state index in [4.69, 9.17) is 9.84 Å². The highest BCUT2D eigenvalue weighted by Crippen LogP contribution is 2.35. The zero-order chi connectivity index (χ0) is 16.8. The predicted molar refractivity (Wildman–Crippen MR) is 75.9 cm³/mol. The summed E-state index contributed by atoms with van der Waals surface area (Å²) in [5.41, 5.74) is -0.786. The van der Waals surface area contributed by atoms with Crippen LogP contribution in [-0.2, 0) is 11.0 Å². The van der Waals surface area contributed by atoms with E-state index in [2.05, 4.69) is 0 Å². The molecule has 1 unspecified atom stereocenters. The number of halogens is 3. The molecule has 0 bridgehead atoms. The molecule has 0 aliphatic rings. The van der Waals surface area contributed by atoms with Gasteiger partial charge in [-0.3, -0.25) is 9.69 Å². The summed E-state index contributed by atoms with van der Waals surface area (Å²) >= 11 is 0. The highest BCUT2D eigenvalue weighted by molar-refractivity contribution is 5.72. The number of aliphatic carboxylic acids is 1. The lowest BCUT2D eigenvalue weighted by atomic mass is 10.2. The quantitative estimate of drug-likeness (QED) is 0.747. The molecule has 1 rings (SSSR count). The van der Waals surface area contributed by atoms with Crippen LogP contribution in [0.25, 0.3) is 0 Å². The number of carboxylic acid groups (broad SMARTS) is 1. The van der Waals surface area contributed by atoms with E-state index in [1.54, 1.807) is 18.9 Å². The Morgan fingerprint density at radius 1 is 1.32 bits per heavy atom. The van der Waals surface area contributed by atoms with Gasteiger partial charge in [-0.05, 0) is 45.5 Å². The van der Waals surface area contributed by atoms with Crippen molar-refractivity contribution >= 4 is 5.97 Å². The van der Waals surface area contributed by atoms with Crippen molar-refractivity contribution in [2.24, 2.45) is 0 Å². The zero-order valence-corrected chi connectivity index (χ0v) is 12.6. The summed E-state index contributed by atoms with van der Waals surface area (Å²) in [6.45, 7) is 2.28. The van der Waals surface area contributed by atoms with Crippen LogP contribution in [0.15, 0.2) is 24.3 Å². The number of carbonyl (C=O) groups is 1. The smallest absolute Gasteiger partial charge is 0.419 e. The second-order valence-corrected chi connectivity index (χ2v) is 5.04. The van der Waals surface area contributed by atoms with E-state index in [1.807, 2.05) is 0 Å². The standard InChI is InChI=1S/C15H20F3NO3/c1-11(14(20)21)19(2)9-5-6-10-22-13-8-4-3-7-12(13)15(16,17)18/h3-4,7-8,11H,5-6,9-10H2,1-2H3,(H,20,21).